The van der Waals surface area contributed by atoms with E-state index in [9.17, 15) is 4.79 Å². The van der Waals surface area contributed by atoms with Crippen molar-refractivity contribution in [2.24, 2.45) is 0 Å². The molecule has 1 aliphatic rings. The second-order valence-electron chi connectivity index (χ2n) is 4.65. The van der Waals surface area contributed by atoms with E-state index in [1.165, 1.54) is 6.33 Å². The van der Waals surface area contributed by atoms with Gasteiger partial charge in [-0.1, -0.05) is 0 Å². The number of aromatic nitrogens is 3. The molecule has 106 valence electrons. The maximum absolute atomic E-state index is 11.9. The maximum Gasteiger partial charge on any atom is 0.244 e. The minimum absolute atomic E-state index is 0.0209. The average molecular weight is 267 g/mol. The molecule has 7 heteroatoms. The third-order valence-corrected chi connectivity index (χ3v) is 3.27. The van der Waals surface area contributed by atoms with Gasteiger partial charge >= 0.3 is 0 Å². The Morgan fingerprint density at radius 2 is 2.26 bits per heavy atom. The number of hydrogen-bond acceptors (Lipinski definition) is 5. The monoisotopic (exact) mass is 267 g/mol. The highest BCUT2D eigenvalue weighted by molar-refractivity contribution is 5.79. The van der Waals surface area contributed by atoms with Crippen molar-refractivity contribution >= 4 is 5.91 Å². The van der Waals surface area contributed by atoms with Gasteiger partial charge in [-0.05, 0) is 19.9 Å². The molecule has 7 nitrogen and oxygen atoms in total. The van der Waals surface area contributed by atoms with Gasteiger partial charge in [0.2, 0.25) is 5.91 Å². The average Bonchev–Trinajstić information content (AvgIpc) is 2.98. The summed E-state index contributed by atoms with van der Waals surface area (Å²) in [6.07, 6.45) is 3.94. The Labute approximate surface area is 112 Å². The Bertz CT molecular complexity index is 375. The number of carbonyl (C=O) groups excluding carboxylic acids is 1. The zero-order valence-electron chi connectivity index (χ0n) is 11.3. The highest BCUT2D eigenvalue weighted by atomic mass is 16.5. The van der Waals surface area contributed by atoms with E-state index in [1.807, 2.05) is 6.92 Å². The minimum atomic E-state index is -0.314. The molecule has 0 aromatic carbocycles. The summed E-state index contributed by atoms with van der Waals surface area (Å²) in [6.45, 7) is 7.11. The molecule has 0 aliphatic carbocycles. The number of nitrogens with zero attached hydrogens (tertiary/aromatic N) is 4. The summed E-state index contributed by atoms with van der Waals surface area (Å²) in [5, 5.41) is 6.89. The summed E-state index contributed by atoms with van der Waals surface area (Å²) in [4.78, 5) is 18.1. The Morgan fingerprint density at radius 3 is 2.95 bits per heavy atom. The van der Waals surface area contributed by atoms with Crippen LogP contribution in [0.15, 0.2) is 12.7 Å². The molecule has 0 bridgehead atoms. The first-order valence-electron chi connectivity index (χ1n) is 6.69. The van der Waals surface area contributed by atoms with Crippen molar-refractivity contribution in [3.63, 3.8) is 0 Å². The van der Waals surface area contributed by atoms with Crippen LogP contribution in [0, 0.1) is 0 Å². The fourth-order valence-electron chi connectivity index (χ4n) is 2.02. The largest absolute Gasteiger partial charge is 0.379 e. The van der Waals surface area contributed by atoms with Gasteiger partial charge in [0.15, 0.2) is 0 Å². The first-order valence-corrected chi connectivity index (χ1v) is 6.69. The topological polar surface area (TPSA) is 72.3 Å². The van der Waals surface area contributed by atoms with E-state index in [4.69, 9.17) is 4.74 Å². The van der Waals surface area contributed by atoms with Gasteiger partial charge in [-0.3, -0.25) is 9.69 Å². The molecule has 1 amide bonds. The Hall–Kier alpha value is -1.47. The van der Waals surface area contributed by atoms with Crippen LogP contribution < -0.4 is 5.32 Å². The predicted molar refractivity (Wildman–Crippen MR) is 69.6 cm³/mol. The van der Waals surface area contributed by atoms with E-state index in [2.05, 4.69) is 20.3 Å². The number of carbonyl (C=O) groups is 1. The summed E-state index contributed by atoms with van der Waals surface area (Å²) < 4.78 is 6.84. The van der Waals surface area contributed by atoms with Crippen molar-refractivity contribution in [3.05, 3.63) is 12.7 Å². The van der Waals surface area contributed by atoms with Gasteiger partial charge < -0.3 is 10.1 Å². The summed E-state index contributed by atoms with van der Waals surface area (Å²) >= 11 is 0. The third kappa shape index (κ3) is 4.29. The van der Waals surface area contributed by atoms with Gasteiger partial charge in [-0.15, -0.1) is 0 Å². The van der Waals surface area contributed by atoms with Crippen LogP contribution in [0.25, 0.3) is 0 Å². The van der Waals surface area contributed by atoms with Crippen molar-refractivity contribution in [1.82, 2.24) is 25.0 Å². The standard InChI is InChI=1S/C12H21N5O2/c1-11(17-10-13-9-15-17)12(18)14-3-2-4-16-5-7-19-8-6-16/h9-11H,2-8H2,1H3,(H,14,18)/t11-/m1/s1. The van der Waals surface area contributed by atoms with E-state index in [1.54, 1.807) is 11.0 Å². The number of amides is 1. The zero-order chi connectivity index (χ0) is 13.5. The molecule has 0 spiro atoms. The molecule has 2 rings (SSSR count). The molecule has 1 atom stereocenters. The SMILES string of the molecule is C[C@H](C(=O)NCCCN1CCOCC1)n1cncn1. The zero-order valence-corrected chi connectivity index (χ0v) is 11.3. The molecular weight excluding hydrogens is 246 g/mol. The highest BCUT2D eigenvalue weighted by Gasteiger charge is 2.15. The molecule has 0 radical (unpaired) electrons. The Balaban J connectivity index is 1.61. The van der Waals surface area contributed by atoms with Gasteiger partial charge in [0, 0.05) is 19.6 Å². The molecule has 0 saturated carbocycles. The second-order valence-corrected chi connectivity index (χ2v) is 4.65. The maximum atomic E-state index is 11.9. The Kier molecular flexibility index (Phi) is 5.29. The summed E-state index contributed by atoms with van der Waals surface area (Å²) in [5.41, 5.74) is 0. The summed E-state index contributed by atoms with van der Waals surface area (Å²) in [7, 11) is 0. The van der Waals surface area contributed by atoms with Crippen LogP contribution in [-0.2, 0) is 9.53 Å². The van der Waals surface area contributed by atoms with Crippen LogP contribution in [0.2, 0.25) is 0 Å². The van der Waals surface area contributed by atoms with Crippen molar-refractivity contribution in [1.29, 1.82) is 0 Å². The van der Waals surface area contributed by atoms with E-state index < -0.39 is 0 Å². The number of ether oxygens (including phenoxy) is 1. The fraction of sp³-hybridized carbons (Fsp3) is 0.750. The number of morpholine rings is 1. The van der Waals surface area contributed by atoms with Crippen LogP contribution in [0.1, 0.15) is 19.4 Å². The van der Waals surface area contributed by atoms with Crippen LogP contribution >= 0.6 is 0 Å². The molecule has 1 aliphatic heterocycles. The van der Waals surface area contributed by atoms with E-state index >= 15 is 0 Å². The van der Waals surface area contributed by atoms with Gasteiger partial charge in [-0.25, -0.2) is 9.67 Å². The Morgan fingerprint density at radius 1 is 1.47 bits per heavy atom. The molecule has 1 N–H and O–H groups in total. The van der Waals surface area contributed by atoms with Gasteiger partial charge in [0.1, 0.15) is 18.7 Å². The molecule has 1 aromatic rings. The lowest BCUT2D eigenvalue weighted by Crippen LogP contribution is -2.38. The predicted octanol–water partition coefficient (Wildman–Crippen LogP) is -0.322. The lowest BCUT2D eigenvalue weighted by atomic mass is 10.3. The van der Waals surface area contributed by atoms with E-state index in [-0.39, 0.29) is 11.9 Å². The smallest absolute Gasteiger partial charge is 0.244 e. The third-order valence-electron chi connectivity index (χ3n) is 3.27. The van der Waals surface area contributed by atoms with E-state index in [0.717, 1.165) is 39.3 Å². The van der Waals surface area contributed by atoms with Crippen molar-refractivity contribution in [2.75, 3.05) is 39.4 Å². The van der Waals surface area contributed by atoms with Gasteiger partial charge in [0.05, 0.1) is 13.2 Å². The lowest BCUT2D eigenvalue weighted by molar-refractivity contribution is -0.124. The van der Waals surface area contributed by atoms with Crippen LogP contribution in [0.3, 0.4) is 0 Å². The normalized spacial score (nSPS) is 18.2. The molecular formula is C12H21N5O2. The minimum Gasteiger partial charge on any atom is -0.379 e. The summed E-state index contributed by atoms with van der Waals surface area (Å²) in [6, 6.07) is -0.314. The van der Waals surface area contributed by atoms with Crippen molar-refractivity contribution in [3.8, 4) is 0 Å². The first-order chi connectivity index (χ1) is 9.27. The molecule has 0 unspecified atom stereocenters. The first kappa shape index (κ1) is 14.0. The van der Waals surface area contributed by atoms with Crippen LogP contribution in [0.4, 0.5) is 0 Å². The molecule has 1 saturated heterocycles. The van der Waals surface area contributed by atoms with Gasteiger partial charge in [-0.2, -0.15) is 5.10 Å². The summed E-state index contributed by atoms with van der Waals surface area (Å²) in [5.74, 6) is -0.0209. The van der Waals surface area contributed by atoms with Crippen molar-refractivity contribution < 1.29 is 9.53 Å². The quantitative estimate of drug-likeness (QED) is 0.715. The highest BCUT2D eigenvalue weighted by Crippen LogP contribution is 2.02. The fourth-order valence-corrected chi connectivity index (χ4v) is 2.02. The van der Waals surface area contributed by atoms with Crippen LogP contribution in [0.5, 0.6) is 0 Å². The van der Waals surface area contributed by atoms with Crippen LogP contribution in [-0.4, -0.2) is 65.0 Å². The second kappa shape index (κ2) is 7.20. The molecule has 19 heavy (non-hydrogen) atoms. The number of hydrogen-bond donors (Lipinski definition) is 1. The molecule has 2 heterocycles. The van der Waals surface area contributed by atoms with Crippen molar-refractivity contribution in [2.45, 2.75) is 19.4 Å². The molecule has 1 aromatic heterocycles. The molecule has 1 fully saturated rings. The van der Waals surface area contributed by atoms with E-state index in [0.29, 0.717) is 6.54 Å². The number of rotatable bonds is 6. The number of nitrogens with one attached hydrogen (secondary N) is 1. The van der Waals surface area contributed by atoms with Gasteiger partial charge in [0.25, 0.3) is 0 Å². The lowest BCUT2D eigenvalue weighted by Gasteiger charge is -2.26.